The fourth-order valence-corrected chi connectivity index (χ4v) is 1.60. The molecule has 18 heavy (non-hydrogen) atoms. The lowest BCUT2D eigenvalue weighted by molar-refractivity contribution is -0.122. The van der Waals surface area contributed by atoms with E-state index in [9.17, 15) is 14.4 Å². The van der Waals surface area contributed by atoms with Gasteiger partial charge in [0, 0.05) is 13.0 Å². The molecular weight excluding hydrogens is 242 g/mol. The lowest BCUT2D eigenvalue weighted by atomic mass is 10.2. The molecule has 3 N–H and O–H groups in total. The topological polar surface area (TPSA) is 126 Å². The second kappa shape index (κ2) is 4.82. The zero-order chi connectivity index (χ0) is 13.1. The third kappa shape index (κ3) is 2.81. The fourth-order valence-electron chi connectivity index (χ4n) is 1.60. The van der Waals surface area contributed by atoms with Crippen molar-refractivity contribution in [1.29, 1.82) is 0 Å². The Morgan fingerprint density at radius 2 is 2.39 bits per heavy atom. The van der Waals surface area contributed by atoms with Gasteiger partial charge in [0.25, 0.3) is 0 Å². The Kier molecular flexibility index (Phi) is 3.22. The number of carbonyl (C=O) groups is 3. The molecule has 1 aromatic rings. The summed E-state index contributed by atoms with van der Waals surface area (Å²) in [6.07, 6.45) is 1.42. The first-order chi connectivity index (χ1) is 8.54. The van der Waals surface area contributed by atoms with Crippen LogP contribution in [0, 0.1) is 0 Å². The van der Waals surface area contributed by atoms with Gasteiger partial charge in [-0.25, -0.2) is 9.48 Å². The second-order valence-electron chi connectivity index (χ2n) is 3.88. The Morgan fingerprint density at radius 3 is 2.94 bits per heavy atom. The Labute approximate surface area is 101 Å². The van der Waals surface area contributed by atoms with Gasteiger partial charge in [-0.2, -0.15) is 0 Å². The second-order valence-corrected chi connectivity index (χ2v) is 3.88. The summed E-state index contributed by atoms with van der Waals surface area (Å²) in [6.45, 7) is 0.271. The molecule has 1 unspecified atom stereocenters. The van der Waals surface area contributed by atoms with E-state index in [2.05, 4.69) is 20.9 Å². The van der Waals surface area contributed by atoms with Crippen LogP contribution < -0.4 is 10.6 Å². The van der Waals surface area contributed by atoms with Crippen molar-refractivity contribution in [3.63, 3.8) is 0 Å². The minimum Gasteiger partial charge on any atom is -0.476 e. The van der Waals surface area contributed by atoms with Gasteiger partial charge in [-0.15, -0.1) is 5.10 Å². The maximum absolute atomic E-state index is 11.6. The van der Waals surface area contributed by atoms with Crippen LogP contribution in [0.4, 0.5) is 0 Å². The highest BCUT2D eigenvalue weighted by atomic mass is 16.4. The Hall–Kier alpha value is -2.45. The predicted molar refractivity (Wildman–Crippen MR) is 56.5 cm³/mol. The zero-order valence-corrected chi connectivity index (χ0v) is 9.29. The molecule has 0 bridgehead atoms. The highest BCUT2D eigenvalue weighted by Crippen LogP contribution is 1.99. The van der Waals surface area contributed by atoms with E-state index in [1.165, 1.54) is 6.20 Å². The molecule has 9 nitrogen and oxygen atoms in total. The minimum absolute atomic E-state index is 0.103. The Bertz CT molecular complexity index is 497. The SMILES string of the molecule is O=C1CC(NC(=O)Cn2cc(C(=O)O)nn2)CN1. The van der Waals surface area contributed by atoms with Crippen LogP contribution in [0.1, 0.15) is 16.9 Å². The van der Waals surface area contributed by atoms with Crippen molar-refractivity contribution in [1.82, 2.24) is 25.6 Å². The number of hydrogen-bond acceptors (Lipinski definition) is 5. The summed E-state index contributed by atoms with van der Waals surface area (Å²) in [5.41, 5.74) is -0.222. The van der Waals surface area contributed by atoms with E-state index in [-0.39, 0.29) is 36.5 Å². The standard InChI is InChI=1S/C9H11N5O4/c15-7-1-5(2-10-7)11-8(16)4-14-3-6(9(17)18)12-13-14/h3,5H,1-2,4H2,(H,10,15)(H,11,16)(H,17,18). The van der Waals surface area contributed by atoms with E-state index < -0.39 is 5.97 Å². The quantitative estimate of drug-likeness (QED) is 0.568. The highest BCUT2D eigenvalue weighted by Gasteiger charge is 2.23. The molecule has 0 saturated carbocycles. The summed E-state index contributed by atoms with van der Waals surface area (Å²) in [6, 6.07) is -0.229. The number of nitrogens with zero attached hydrogens (tertiary/aromatic N) is 3. The lowest BCUT2D eigenvalue weighted by Gasteiger charge is -2.09. The molecule has 0 spiro atoms. The zero-order valence-electron chi connectivity index (χ0n) is 9.29. The largest absolute Gasteiger partial charge is 0.476 e. The molecule has 2 amide bonds. The van der Waals surface area contributed by atoms with Gasteiger partial charge in [0.15, 0.2) is 5.69 Å². The van der Waals surface area contributed by atoms with Crippen molar-refractivity contribution in [2.45, 2.75) is 19.0 Å². The van der Waals surface area contributed by atoms with Crippen molar-refractivity contribution in [2.75, 3.05) is 6.54 Å². The van der Waals surface area contributed by atoms with Crippen molar-refractivity contribution in [3.8, 4) is 0 Å². The number of carbonyl (C=O) groups excluding carboxylic acids is 2. The Morgan fingerprint density at radius 1 is 1.61 bits per heavy atom. The van der Waals surface area contributed by atoms with Gasteiger partial charge < -0.3 is 15.7 Å². The maximum Gasteiger partial charge on any atom is 0.358 e. The number of aromatic nitrogens is 3. The van der Waals surface area contributed by atoms with E-state index in [0.717, 1.165) is 4.68 Å². The molecule has 1 aliphatic heterocycles. The summed E-state index contributed by atoms with van der Waals surface area (Å²) < 4.78 is 1.13. The van der Waals surface area contributed by atoms with E-state index in [0.29, 0.717) is 6.54 Å². The number of nitrogens with one attached hydrogen (secondary N) is 2. The number of hydrogen-bond donors (Lipinski definition) is 3. The van der Waals surface area contributed by atoms with Gasteiger partial charge in [0.2, 0.25) is 11.8 Å². The van der Waals surface area contributed by atoms with Gasteiger partial charge >= 0.3 is 5.97 Å². The van der Waals surface area contributed by atoms with Crippen molar-refractivity contribution >= 4 is 17.8 Å². The van der Waals surface area contributed by atoms with E-state index >= 15 is 0 Å². The van der Waals surface area contributed by atoms with Crippen LogP contribution in [-0.2, 0) is 16.1 Å². The first kappa shape index (κ1) is 12.0. The predicted octanol–water partition coefficient (Wildman–Crippen LogP) is -2.02. The maximum atomic E-state index is 11.6. The van der Waals surface area contributed by atoms with Crippen molar-refractivity contribution < 1.29 is 19.5 Å². The van der Waals surface area contributed by atoms with Crippen LogP contribution in [0.25, 0.3) is 0 Å². The van der Waals surface area contributed by atoms with Crippen molar-refractivity contribution in [2.24, 2.45) is 0 Å². The minimum atomic E-state index is -1.20. The van der Waals surface area contributed by atoms with Gasteiger partial charge in [-0.3, -0.25) is 9.59 Å². The van der Waals surface area contributed by atoms with Crippen LogP contribution in [0.2, 0.25) is 0 Å². The lowest BCUT2D eigenvalue weighted by Crippen LogP contribution is -2.38. The molecule has 0 aliphatic carbocycles. The fraction of sp³-hybridized carbons (Fsp3) is 0.444. The molecule has 0 aromatic carbocycles. The summed E-state index contributed by atoms with van der Waals surface area (Å²) in [5, 5.41) is 20.7. The number of carboxylic acids is 1. The van der Waals surface area contributed by atoms with Crippen LogP contribution in [0.5, 0.6) is 0 Å². The molecule has 96 valence electrons. The third-order valence-electron chi connectivity index (χ3n) is 2.41. The van der Waals surface area contributed by atoms with Crippen molar-refractivity contribution in [3.05, 3.63) is 11.9 Å². The van der Waals surface area contributed by atoms with E-state index in [1.807, 2.05) is 0 Å². The summed E-state index contributed by atoms with van der Waals surface area (Å²) >= 11 is 0. The normalized spacial score (nSPS) is 18.4. The van der Waals surface area contributed by atoms with E-state index in [4.69, 9.17) is 5.11 Å². The molecule has 2 heterocycles. The van der Waals surface area contributed by atoms with Crippen LogP contribution in [-0.4, -0.2) is 50.5 Å². The molecule has 1 atom stereocenters. The Balaban J connectivity index is 1.86. The van der Waals surface area contributed by atoms with Crippen LogP contribution in [0.15, 0.2) is 6.20 Å². The van der Waals surface area contributed by atoms with Gasteiger partial charge in [-0.1, -0.05) is 5.21 Å². The molecule has 2 rings (SSSR count). The molecule has 1 saturated heterocycles. The smallest absolute Gasteiger partial charge is 0.358 e. The summed E-state index contributed by atoms with van der Waals surface area (Å²) in [7, 11) is 0. The number of amides is 2. The third-order valence-corrected chi connectivity index (χ3v) is 2.41. The first-order valence-electron chi connectivity index (χ1n) is 5.24. The van der Waals surface area contributed by atoms with Crippen LogP contribution in [0.3, 0.4) is 0 Å². The summed E-state index contributed by atoms with van der Waals surface area (Å²) in [5.74, 6) is -1.65. The molecular formula is C9H11N5O4. The first-order valence-corrected chi connectivity index (χ1v) is 5.24. The van der Waals surface area contributed by atoms with E-state index in [1.54, 1.807) is 0 Å². The molecule has 1 fully saturated rings. The number of rotatable bonds is 4. The number of aromatic carboxylic acids is 1. The highest BCUT2D eigenvalue weighted by molar-refractivity contribution is 5.85. The summed E-state index contributed by atoms with van der Waals surface area (Å²) in [4.78, 5) is 33.0. The molecule has 1 aliphatic rings. The van der Waals surface area contributed by atoms with Gasteiger partial charge in [0.1, 0.15) is 6.54 Å². The molecule has 1 aromatic heterocycles. The van der Waals surface area contributed by atoms with Gasteiger partial charge in [0.05, 0.1) is 12.2 Å². The molecule has 9 heteroatoms. The van der Waals surface area contributed by atoms with Crippen LogP contribution >= 0.6 is 0 Å². The average Bonchev–Trinajstić information content (AvgIpc) is 2.88. The molecule has 0 radical (unpaired) electrons. The monoisotopic (exact) mass is 253 g/mol. The average molecular weight is 253 g/mol. The van der Waals surface area contributed by atoms with Gasteiger partial charge in [-0.05, 0) is 0 Å². The number of carboxylic acid groups (broad SMARTS) is 1.